The largest absolute Gasteiger partial charge is 0.291 e. The number of carbonyl (C=O) groups excluding carboxylic acids is 1. The van der Waals surface area contributed by atoms with E-state index in [1.807, 2.05) is 19.1 Å². The number of hydrogen-bond acceptors (Lipinski definition) is 1. The Morgan fingerprint density at radius 3 is 2.67 bits per heavy atom. The van der Waals surface area contributed by atoms with Crippen molar-refractivity contribution in [2.45, 2.75) is 13.3 Å². The lowest BCUT2D eigenvalue weighted by Gasteiger charge is -2.02. The fourth-order valence-electron chi connectivity index (χ4n) is 1.17. The van der Waals surface area contributed by atoms with Gasteiger partial charge >= 0.3 is 0 Å². The minimum Gasteiger partial charge on any atom is -0.291 e. The van der Waals surface area contributed by atoms with Gasteiger partial charge in [0.05, 0.1) is 0 Å². The van der Waals surface area contributed by atoms with Crippen molar-refractivity contribution in [3.05, 3.63) is 35.4 Å². The first-order valence-electron chi connectivity index (χ1n) is 3.96. The van der Waals surface area contributed by atoms with Crippen molar-refractivity contribution < 1.29 is 9.18 Å². The van der Waals surface area contributed by atoms with E-state index in [1.165, 1.54) is 0 Å². The fraction of sp³-hybridized carbons (Fsp3) is 0.300. The van der Waals surface area contributed by atoms with Crippen LogP contribution in [0.4, 0.5) is 4.39 Å². The van der Waals surface area contributed by atoms with Gasteiger partial charge in [0.1, 0.15) is 0 Å². The van der Waals surface area contributed by atoms with Crippen LogP contribution in [0, 0.1) is 0 Å². The SMILES string of the molecule is CCc1ccccc1C(=O)CF. The van der Waals surface area contributed by atoms with E-state index in [0.717, 1.165) is 12.0 Å². The molecule has 0 N–H and O–H groups in total. The number of rotatable bonds is 3. The molecule has 1 aromatic rings. The number of benzene rings is 1. The molecule has 0 amide bonds. The molecule has 0 aliphatic heterocycles. The molecule has 0 saturated carbocycles. The molecular formula is C10H11FO. The van der Waals surface area contributed by atoms with Crippen LogP contribution in [-0.2, 0) is 6.42 Å². The van der Waals surface area contributed by atoms with E-state index in [9.17, 15) is 9.18 Å². The van der Waals surface area contributed by atoms with E-state index in [0.29, 0.717) is 5.56 Å². The molecule has 0 atom stereocenters. The highest BCUT2D eigenvalue weighted by Crippen LogP contribution is 2.10. The van der Waals surface area contributed by atoms with E-state index in [-0.39, 0.29) is 0 Å². The smallest absolute Gasteiger partial charge is 0.194 e. The Kier molecular flexibility index (Phi) is 2.97. The summed E-state index contributed by atoms with van der Waals surface area (Å²) < 4.78 is 12.0. The van der Waals surface area contributed by atoms with Crippen molar-refractivity contribution in [3.63, 3.8) is 0 Å². The molecule has 0 unspecified atom stereocenters. The van der Waals surface area contributed by atoms with Gasteiger partial charge in [-0.1, -0.05) is 31.2 Å². The van der Waals surface area contributed by atoms with Crippen LogP contribution in [0.15, 0.2) is 24.3 Å². The van der Waals surface area contributed by atoms with Crippen LogP contribution in [0.1, 0.15) is 22.8 Å². The summed E-state index contributed by atoms with van der Waals surface area (Å²) in [6.45, 7) is 1.04. The van der Waals surface area contributed by atoms with Gasteiger partial charge < -0.3 is 0 Å². The predicted molar refractivity (Wildman–Crippen MR) is 46.1 cm³/mol. The summed E-state index contributed by atoms with van der Waals surface area (Å²) in [7, 11) is 0. The second kappa shape index (κ2) is 4.00. The summed E-state index contributed by atoms with van der Waals surface area (Å²) in [5, 5.41) is 0. The van der Waals surface area contributed by atoms with Gasteiger partial charge in [-0.2, -0.15) is 0 Å². The first kappa shape index (κ1) is 8.91. The van der Waals surface area contributed by atoms with Crippen LogP contribution in [-0.4, -0.2) is 12.5 Å². The topological polar surface area (TPSA) is 17.1 Å². The van der Waals surface area contributed by atoms with E-state index >= 15 is 0 Å². The summed E-state index contributed by atoms with van der Waals surface area (Å²) in [5.74, 6) is -0.424. The van der Waals surface area contributed by atoms with Gasteiger partial charge in [0.15, 0.2) is 12.5 Å². The van der Waals surface area contributed by atoms with Crippen LogP contribution < -0.4 is 0 Å². The van der Waals surface area contributed by atoms with Crippen LogP contribution in [0.25, 0.3) is 0 Å². The van der Waals surface area contributed by atoms with Crippen molar-refractivity contribution in [1.82, 2.24) is 0 Å². The van der Waals surface area contributed by atoms with E-state index in [4.69, 9.17) is 0 Å². The molecule has 0 bridgehead atoms. The minimum atomic E-state index is -0.906. The molecule has 64 valence electrons. The van der Waals surface area contributed by atoms with Gasteiger partial charge in [0.25, 0.3) is 0 Å². The van der Waals surface area contributed by atoms with E-state index < -0.39 is 12.5 Å². The maximum atomic E-state index is 12.0. The summed E-state index contributed by atoms with van der Waals surface area (Å²) in [5.41, 5.74) is 1.43. The summed E-state index contributed by atoms with van der Waals surface area (Å²) >= 11 is 0. The molecule has 0 heterocycles. The van der Waals surface area contributed by atoms with E-state index in [1.54, 1.807) is 12.1 Å². The predicted octanol–water partition coefficient (Wildman–Crippen LogP) is 2.40. The molecule has 1 nitrogen and oxygen atoms in total. The molecule has 0 aromatic heterocycles. The molecule has 1 rings (SSSR count). The highest BCUT2D eigenvalue weighted by molar-refractivity contribution is 5.98. The second-order valence-corrected chi connectivity index (χ2v) is 2.57. The maximum absolute atomic E-state index is 12.0. The maximum Gasteiger partial charge on any atom is 0.194 e. The second-order valence-electron chi connectivity index (χ2n) is 2.57. The van der Waals surface area contributed by atoms with Crippen molar-refractivity contribution in [2.24, 2.45) is 0 Å². The normalized spacial score (nSPS) is 9.83. The zero-order valence-corrected chi connectivity index (χ0v) is 7.01. The van der Waals surface area contributed by atoms with Gasteiger partial charge in [-0.05, 0) is 12.0 Å². The third-order valence-electron chi connectivity index (χ3n) is 1.82. The van der Waals surface area contributed by atoms with Gasteiger partial charge in [-0.15, -0.1) is 0 Å². The molecule has 0 aliphatic carbocycles. The summed E-state index contributed by atoms with van der Waals surface area (Å²) in [6.07, 6.45) is 0.766. The fourth-order valence-corrected chi connectivity index (χ4v) is 1.17. The first-order valence-corrected chi connectivity index (χ1v) is 3.96. The molecule has 0 fully saturated rings. The summed E-state index contributed by atoms with van der Waals surface area (Å²) in [6, 6.07) is 7.12. The number of hydrogen-bond donors (Lipinski definition) is 0. The zero-order valence-electron chi connectivity index (χ0n) is 7.01. The molecule has 2 heteroatoms. The molecule has 1 aromatic carbocycles. The summed E-state index contributed by atoms with van der Waals surface area (Å²) in [4.78, 5) is 11.0. The third-order valence-corrected chi connectivity index (χ3v) is 1.82. The quantitative estimate of drug-likeness (QED) is 0.630. The monoisotopic (exact) mass is 166 g/mol. The van der Waals surface area contributed by atoms with Crippen molar-refractivity contribution in [2.75, 3.05) is 6.67 Å². The van der Waals surface area contributed by atoms with Crippen LogP contribution in [0.3, 0.4) is 0 Å². The van der Waals surface area contributed by atoms with Gasteiger partial charge in [-0.3, -0.25) is 4.79 Å². The average Bonchev–Trinajstić information content (AvgIpc) is 2.16. The van der Waals surface area contributed by atoms with Crippen molar-refractivity contribution in [3.8, 4) is 0 Å². The standard InChI is InChI=1S/C10H11FO/c1-2-8-5-3-4-6-9(8)10(12)7-11/h3-6H,2,7H2,1H3. The number of alkyl halides is 1. The highest BCUT2D eigenvalue weighted by atomic mass is 19.1. The Balaban J connectivity index is 3.04. The van der Waals surface area contributed by atoms with Crippen LogP contribution >= 0.6 is 0 Å². The lowest BCUT2D eigenvalue weighted by Crippen LogP contribution is -2.04. The van der Waals surface area contributed by atoms with Crippen LogP contribution in [0.5, 0.6) is 0 Å². The highest BCUT2D eigenvalue weighted by Gasteiger charge is 2.07. The van der Waals surface area contributed by atoms with Gasteiger partial charge in [0.2, 0.25) is 0 Å². The lowest BCUT2D eigenvalue weighted by molar-refractivity contribution is 0.0958. The van der Waals surface area contributed by atoms with E-state index in [2.05, 4.69) is 0 Å². The molecule has 0 spiro atoms. The molecule has 0 aliphatic rings. The Hall–Kier alpha value is -1.18. The number of ketones is 1. The van der Waals surface area contributed by atoms with Gasteiger partial charge in [-0.25, -0.2) is 4.39 Å². The molecule has 0 radical (unpaired) electrons. The number of carbonyl (C=O) groups is 1. The molecular weight excluding hydrogens is 155 g/mol. The zero-order chi connectivity index (χ0) is 8.97. The number of Topliss-reactive ketones (excluding diaryl/α,β-unsaturated/α-hetero) is 1. The van der Waals surface area contributed by atoms with Crippen molar-refractivity contribution in [1.29, 1.82) is 0 Å². The Morgan fingerprint density at radius 1 is 1.42 bits per heavy atom. The molecule has 0 saturated heterocycles. The number of halogens is 1. The molecule has 12 heavy (non-hydrogen) atoms. The Morgan fingerprint density at radius 2 is 2.08 bits per heavy atom. The lowest BCUT2D eigenvalue weighted by atomic mass is 10.0. The Bertz CT molecular complexity index is 281. The first-order chi connectivity index (χ1) is 5.79. The average molecular weight is 166 g/mol. The Labute approximate surface area is 71.2 Å². The van der Waals surface area contributed by atoms with Crippen molar-refractivity contribution >= 4 is 5.78 Å². The number of aryl methyl sites for hydroxylation is 1. The minimum absolute atomic E-state index is 0.424. The van der Waals surface area contributed by atoms with Crippen LogP contribution in [0.2, 0.25) is 0 Å². The van der Waals surface area contributed by atoms with Gasteiger partial charge in [0, 0.05) is 5.56 Å². The third kappa shape index (κ3) is 1.70.